The van der Waals surface area contributed by atoms with Gasteiger partial charge in [0.15, 0.2) is 0 Å². The summed E-state index contributed by atoms with van der Waals surface area (Å²) in [7, 11) is 0. The van der Waals surface area contributed by atoms with Crippen molar-refractivity contribution in [1.29, 1.82) is 0 Å². The summed E-state index contributed by atoms with van der Waals surface area (Å²) in [5.41, 5.74) is 0. The lowest BCUT2D eigenvalue weighted by molar-refractivity contribution is 0.759. The predicted octanol–water partition coefficient (Wildman–Crippen LogP) is 4.59. The van der Waals surface area contributed by atoms with Crippen LogP contribution in [0.2, 0.25) is 0 Å². The molecule has 1 atom stereocenters. The lowest BCUT2D eigenvalue weighted by Crippen LogP contribution is -1.89. The zero-order valence-electron chi connectivity index (χ0n) is 8.35. The molecular formula is C11H17BrS. The fourth-order valence-corrected chi connectivity index (χ4v) is 3.23. The number of thiophene rings is 1. The van der Waals surface area contributed by atoms with E-state index < -0.39 is 0 Å². The van der Waals surface area contributed by atoms with Crippen molar-refractivity contribution in [1.82, 2.24) is 0 Å². The molecule has 1 aromatic rings. The predicted molar refractivity (Wildman–Crippen MR) is 65.1 cm³/mol. The number of aryl methyl sites for hydroxylation is 1. The molecule has 1 aromatic heterocycles. The van der Waals surface area contributed by atoms with Gasteiger partial charge in [-0.15, -0.1) is 11.3 Å². The molecule has 0 aliphatic carbocycles. The number of hydrogen-bond donors (Lipinski definition) is 0. The number of hydrogen-bond acceptors (Lipinski definition) is 1. The summed E-state index contributed by atoms with van der Waals surface area (Å²) >= 11 is 5.47. The molecule has 0 amide bonds. The van der Waals surface area contributed by atoms with E-state index in [-0.39, 0.29) is 0 Å². The average Bonchev–Trinajstić information content (AvgIpc) is 2.54. The molecule has 1 rings (SSSR count). The molecule has 0 aliphatic rings. The summed E-state index contributed by atoms with van der Waals surface area (Å²) < 4.78 is 0. The second-order valence-corrected chi connectivity index (χ2v) is 5.43. The Morgan fingerprint density at radius 2 is 2.23 bits per heavy atom. The van der Waals surface area contributed by atoms with Gasteiger partial charge in [-0.2, -0.15) is 0 Å². The lowest BCUT2D eigenvalue weighted by atomic mass is 10.1. The van der Waals surface area contributed by atoms with Gasteiger partial charge in [-0.25, -0.2) is 0 Å². The van der Waals surface area contributed by atoms with E-state index in [1.54, 1.807) is 9.75 Å². The molecule has 2 heteroatoms. The summed E-state index contributed by atoms with van der Waals surface area (Å²) in [6, 6.07) is 4.58. The molecule has 0 radical (unpaired) electrons. The molecule has 74 valence electrons. The van der Waals surface area contributed by atoms with Crippen molar-refractivity contribution >= 4 is 27.3 Å². The van der Waals surface area contributed by atoms with Gasteiger partial charge in [-0.05, 0) is 30.9 Å². The maximum atomic E-state index is 3.49. The van der Waals surface area contributed by atoms with Crippen molar-refractivity contribution in [2.45, 2.75) is 39.0 Å². The second-order valence-electron chi connectivity index (χ2n) is 3.43. The monoisotopic (exact) mass is 260 g/mol. The average molecular weight is 261 g/mol. The molecule has 1 unspecified atom stereocenters. The zero-order chi connectivity index (χ0) is 9.68. The number of alkyl halides is 1. The zero-order valence-corrected chi connectivity index (χ0v) is 10.7. The van der Waals surface area contributed by atoms with E-state index in [0.717, 1.165) is 11.2 Å². The Kier molecular flexibility index (Phi) is 5.04. The van der Waals surface area contributed by atoms with E-state index in [9.17, 15) is 0 Å². The minimum absolute atomic E-state index is 0.718. The molecule has 0 bridgehead atoms. The van der Waals surface area contributed by atoms with Crippen LogP contribution in [0.15, 0.2) is 12.1 Å². The first-order valence-corrected chi connectivity index (χ1v) is 6.86. The standard InChI is InChI=1S/C11H17BrS/c1-3-4-10-5-6-11(13-10)9(2)7-8-12/h5-6,9H,3-4,7-8H2,1-2H3. The van der Waals surface area contributed by atoms with Gasteiger partial charge in [0.05, 0.1) is 0 Å². The SMILES string of the molecule is CCCc1ccc(C(C)CCBr)s1. The summed E-state index contributed by atoms with van der Waals surface area (Å²) in [6.07, 6.45) is 3.74. The van der Waals surface area contributed by atoms with Gasteiger partial charge in [0.25, 0.3) is 0 Å². The van der Waals surface area contributed by atoms with Gasteiger partial charge >= 0.3 is 0 Å². The quantitative estimate of drug-likeness (QED) is 0.680. The molecule has 0 fully saturated rings. The fraction of sp³-hybridized carbons (Fsp3) is 0.636. The molecular weight excluding hydrogens is 244 g/mol. The summed E-state index contributed by atoms with van der Waals surface area (Å²) in [4.78, 5) is 3.09. The maximum absolute atomic E-state index is 3.49. The molecule has 0 spiro atoms. The first kappa shape index (κ1) is 11.3. The van der Waals surface area contributed by atoms with Crippen molar-refractivity contribution in [2.24, 2.45) is 0 Å². The van der Waals surface area contributed by atoms with Gasteiger partial charge in [-0.3, -0.25) is 0 Å². The molecule has 1 heterocycles. The molecule has 0 nitrogen and oxygen atoms in total. The van der Waals surface area contributed by atoms with Gasteiger partial charge in [-0.1, -0.05) is 36.2 Å². The van der Waals surface area contributed by atoms with Crippen LogP contribution in [0, 0.1) is 0 Å². The lowest BCUT2D eigenvalue weighted by Gasteiger charge is -2.05. The topological polar surface area (TPSA) is 0 Å². The molecule has 0 N–H and O–H groups in total. The molecule has 13 heavy (non-hydrogen) atoms. The second kappa shape index (κ2) is 5.82. The third kappa shape index (κ3) is 3.43. The smallest absolute Gasteiger partial charge is 0.00766 e. The Bertz CT molecular complexity index is 242. The van der Waals surface area contributed by atoms with E-state index in [0.29, 0.717) is 0 Å². The van der Waals surface area contributed by atoms with Crippen LogP contribution in [0.25, 0.3) is 0 Å². The third-order valence-electron chi connectivity index (χ3n) is 2.21. The Morgan fingerprint density at radius 1 is 1.46 bits per heavy atom. The van der Waals surface area contributed by atoms with Crippen LogP contribution in [0.5, 0.6) is 0 Å². The highest BCUT2D eigenvalue weighted by atomic mass is 79.9. The van der Waals surface area contributed by atoms with Crippen molar-refractivity contribution in [3.8, 4) is 0 Å². The highest BCUT2D eigenvalue weighted by Crippen LogP contribution is 2.28. The van der Waals surface area contributed by atoms with Crippen molar-refractivity contribution < 1.29 is 0 Å². The van der Waals surface area contributed by atoms with Crippen LogP contribution < -0.4 is 0 Å². The van der Waals surface area contributed by atoms with E-state index in [1.165, 1.54) is 19.3 Å². The first-order chi connectivity index (χ1) is 6.27. The Hall–Kier alpha value is 0.180. The highest BCUT2D eigenvalue weighted by Gasteiger charge is 2.07. The summed E-state index contributed by atoms with van der Waals surface area (Å²) in [5.74, 6) is 0.718. The summed E-state index contributed by atoms with van der Waals surface area (Å²) in [5, 5.41) is 1.11. The van der Waals surface area contributed by atoms with Crippen molar-refractivity contribution in [2.75, 3.05) is 5.33 Å². The van der Waals surface area contributed by atoms with Crippen LogP contribution >= 0.6 is 27.3 Å². The minimum Gasteiger partial charge on any atom is -0.145 e. The Labute approximate surface area is 93.5 Å². The van der Waals surface area contributed by atoms with E-state index in [4.69, 9.17) is 0 Å². The largest absolute Gasteiger partial charge is 0.145 e. The fourth-order valence-electron chi connectivity index (χ4n) is 1.35. The third-order valence-corrected chi connectivity index (χ3v) is 4.04. The maximum Gasteiger partial charge on any atom is 0.00766 e. The van der Waals surface area contributed by atoms with E-state index in [2.05, 4.69) is 41.9 Å². The van der Waals surface area contributed by atoms with Gasteiger partial charge in [0, 0.05) is 15.1 Å². The van der Waals surface area contributed by atoms with Crippen molar-refractivity contribution in [3.05, 3.63) is 21.9 Å². The normalized spacial score (nSPS) is 13.2. The van der Waals surface area contributed by atoms with Crippen molar-refractivity contribution in [3.63, 3.8) is 0 Å². The Morgan fingerprint density at radius 3 is 2.85 bits per heavy atom. The molecule has 0 saturated carbocycles. The molecule has 0 aliphatic heterocycles. The van der Waals surface area contributed by atoms with Crippen LogP contribution in [0.3, 0.4) is 0 Å². The Balaban J connectivity index is 2.56. The van der Waals surface area contributed by atoms with Crippen LogP contribution in [-0.2, 0) is 6.42 Å². The molecule has 0 saturated heterocycles. The van der Waals surface area contributed by atoms with Gasteiger partial charge in [0.2, 0.25) is 0 Å². The minimum atomic E-state index is 0.718. The first-order valence-electron chi connectivity index (χ1n) is 4.92. The van der Waals surface area contributed by atoms with E-state index >= 15 is 0 Å². The number of rotatable bonds is 5. The number of halogens is 1. The van der Waals surface area contributed by atoms with Crippen LogP contribution in [0.1, 0.15) is 42.4 Å². The highest BCUT2D eigenvalue weighted by molar-refractivity contribution is 9.09. The van der Waals surface area contributed by atoms with E-state index in [1.807, 2.05) is 11.3 Å². The van der Waals surface area contributed by atoms with Gasteiger partial charge < -0.3 is 0 Å². The van der Waals surface area contributed by atoms with Crippen LogP contribution in [-0.4, -0.2) is 5.33 Å². The van der Waals surface area contributed by atoms with Gasteiger partial charge in [0.1, 0.15) is 0 Å². The van der Waals surface area contributed by atoms with Crippen LogP contribution in [0.4, 0.5) is 0 Å². The molecule has 0 aromatic carbocycles. The summed E-state index contributed by atoms with van der Waals surface area (Å²) in [6.45, 7) is 4.55.